The molecule has 0 aliphatic carbocycles. The van der Waals surface area contributed by atoms with Crippen LogP contribution in [0, 0.1) is 5.92 Å². The maximum absolute atomic E-state index is 12.7. The van der Waals surface area contributed by atoms with Gasteiger partial charge in [0.2, 0.25) is 0 Å². The van der Waals surface area contributed by atoms with E-state index in [0.717, 1.165) is 19.6 Å². The Kier molecular flexibility index (Phi) is 20.8. The highest BCUT2D eigenvalue weighted by Gasteiger charge is 2.30. The van der Waals surface area contributed by atoms with Crippen LogP contribution in [0.2, 0.25) is 0 Å². The lowest BCUT2D eigenvalue weighted by Gasteiger charge is -2.31. The molecular formula is C30H54N2O7S2. The number of rotatable bonds is 25. The molecule has 9 nitrogen and oxygen atoms in total. The highest BCUT2D eigenvalue weighted by Crippen LogP contribution is 2.44. The number of hydrogen-bond acceptors (Lipinski definition) is 10. The second kappa shape index (κ2) is 22.5. The third-order valence-electron chi connectivity index (χ3n) is 5.14. The van der Waals surface area contributed by atoms with Crippen LogP contribution < -0.4 is 15.4 Å². The Labute approximate surface area is 256 Å². The molecule has 0 aliphatic rings. The Hall–Kier alpha value is -1.05. The lowest BCUT2D eigenvalue weighted by atomic mass is 10.2. The highest BCUT2D eigenvalue weighted by atomic mass is 33.1. The Morgan fingerprint density at radius 1 is 0.854 bits per heavy atom. The van der Waals surface area contributed by atoms with Crippen LogP contribution in [0.5, 0.6) is 5.75 Å². The molecule has 0 saturated heterocycles. The molecule has 2 N–H and O–H groups in total. The first-order valence-electron chi connectivity index (χ1n) is 14.5. The Bertz CT molecular complexity index is 811. The molecule has 238 valence electrons. The first-order valence-corrected chi connectivity index (χ1v) is 16.7. The predicted molar refractivity (Wildman–Crippen MR) is 170 cm³/mol. The van der Waals surface area contributed by atoms with Crippen LogP contribution in [-0.4, -0.2) is 102 Å². The summed E-state index contributed by atoms with van der Waals surface area (Å²) in [4.78, 5) is 12.1. The van der Waals surface area contributed by atoms with Gasteiger partial charge in [0.1, 0.15) is 12.4 Å². The van der Waals surface area contributed by atoms with E-state index in [2.05, 4.69) is 45.3 Å². The summed E-state index contributed by atoms with van der Waals surface area (Å²) in [5.74, 6) is 0.926. The predicted octanol–water partition coefficient (Wildman–Crippen LogP) is 5.04. The average molecular weight is 619 g/mol. The van der Waals surface area contributed by atoms with Crippen molar-refractivity contribution in [2.75, 3.05) is 86.2 Å². The first kappa shape index (κ1) is 38.0. The summed E-state index contributed by atoms with van der Waals surface area (Å²) < 4.78 is 34.6. The molecule has 0 fully saturated rings. The molecule has 1 aromatic rings. The monoisotopic (exact) mass is 618 g/mol. The lowest BCUT2D eigenvalue weighted by Crippen LogP contribution is -2.34. The van der Waals surface area contributed by atoms with Crippen LogP contribution >= 0.6 is 21.6 Å². The zero-order valence-electron chi connectivity index (χ0n) is 26.3. The Balaban J connectivity index is 2.38. The van der Waals surface area contributed by atoms with Gasteiger partial charge in [0.25, 0.3) is 5.91 Å². The van der Waals surface area contributed by atoms with Crippen LogP contribution in [0.1, 0.15) is 58.3 Å². The topological polar surface area (TPSA) is 96.5 Å². The van der Waals surface area contributed by atoms with Crippen molar-refractivity contribution in [3.63, 3.8) is 0 Å². The van der Waals surface area contributed by atoms with Crippen molar-refractivity contribution >= 4 is 27.5 Å². The molecule has 0 aromatic heterocycles. The molecule has 0 bridgehead atoms. The van der Waals surface area contributed by atoms with Crippen molar-refractivity contribution in [1.29, 1.82) is 0 Å². The molecule has 0 radical (unpaired) electrons. The number of amides is 1. The largest absolute Gasteiger partial charge is 0.490 e. The molecule has 0 aliphatic heterocycles. The fraction of sp³-hybridized carbons (Fsp3) is 0.767. The summed E-state index contributed by atoms with van der Waals surface area (Å²) in [6.45, 7) is 19.4. The zero-order chi connectivity index (χ0) is 30.4. The number of benzene rings is 1. The third-order valence-corrected chi connectivity index (χ3v) is 9.12. The molecule has 11 heteroatoms. The van der Waals surface area contributed by atoms with Crippen molar-refractivity contribution < 1.29 is 33.2 Å². The number of carbonyl (C=O) groups excluding carboxylic acids is 1. The molecule has 1 rings (SSSR count). The van der Waals surface area contributed by atoms with E-state index in [1.165, 1.54) is 0 Å². The van der Waals surface area contributed by atoms with Crippen molar-refractivity contribution in [3.8, 4) is 5.75 Å². The summed E-state index contributed by atoms with van der Waals surface area (Å²) in [7, 11) is 5.34. The van der Waals surface area contributed by atoms with E-state index < -0.39 is 4.93 Å². The molecule has 0 saturated carbocycles. The van der Waals surface area contributed by atoms with Crippen LogP contribution in [0.3, 0.4) is 0 Å². The summed E-state index contributed by atoms with van der Waals surface area (Å²) in [6.07, 6.45) is 0.988. The lowest BCUT2D eigenvalue weighted by molar-refractivity contribution is -0.0275. The van der Waals surface area contributed by atoms with Crippen LogP contribution in [-0.2, 0) is 23.7 Å². The molecule has 41 heavy (non-hydrogen) atoms. The summed E-state index contributed by atoms with van der Waals surface area (Å²) in [5, 5.41) is 5.97. The Morgan fingerprint density at radius 2 is 1.51 bits per heavy atom. The van der Waals surface area contributed by atoms with Gasteiger partial charge >= 0.3 is 0 Å². The fourth-order valence-electron chi connectivity index (χ4n) is 3.11. The van der Waals surface area contributed by atoms with Crippen molar-refractivity contribution in [2.24, 2.45) is 5.92 Å². The summed E-state index contributed by atoms with van der Waals surface area (Å²) in [6, 6.07) is 7.18. The van der Waals surface area contributed by atoms with E-state index in [4.69, 9.17) is 28.4 Å². The number of ether oxygens (including phenoxy) is 6. The smallest absolute Gasteiger partial charge is 0.251 e. The van der Waals surface area contributed by atoms with Gasteiger partial charge < -0.3 is 39.1 Å². The van der Waals surface area contributed by atoms with Gasteiger partial charge in [-0.25, -0.2) is 0 Å². The van der Waals surface area contributed by atoms with E-state index in [1.807, 2.05) is 26.1 Å². The number of hydrogen-bond donors (Lipinski definition) is 2. The maximum Gasteiger partial charge on any atom is 0.251 e. The first-order chi connectivity index (χ1) is 19.5. The van der Waals surface area contributed by atoms with Gasteiger partial charge in [0, 0.05) is 30.1 Å². The van der Waals surface area contributed by atoms with Gasteiger partial charge in [-0.1, -0.05) is 62.3 Å². The average Bonchev–Trinajstić information content (AvgIpc) is 2.93. The van der Waals surface area contributed by atoms with Crippen molar-refractivity contribution in [3.05, 3.63) is 29.8 Å². The third kappa shape index (κ3) is 21.3. The van der Waals surface area contributed by atoms with E-state index in [1.54, 1.807) is 33.7 Å². The molecule has 1 atom stereocenters. The highest BCUT2D eigenvalue weighted by molar-refractivity contribution is 8.77. The van der Waals surface area contributed by atoms with Crippen LogP contribution in [0.15, 0.2) is 24.3 Å². The summed E-state index contributed by atoms with van der Waals surface area (Å²) in [5.41, 5.74) is 0.530. The number of carbonyl (C=O) groups is 1. The molecule has 1 amide bonds. The fourth-order valence-corrected chi connectivity index (χ4v) is 5.34. The second-order valence-corrected chi connectivity index (χ2v) is 14.5. The normalized spacial score (nSPS) is 13.4. The second-order valence-electron chi connectivity index (χ2n) is 11.1. The minimum absolute atomic E-state index is 0.0684. The van der Waals surface area contributed by atoms with E-state index in [-0.39, 0.29) is 10.7 Å². The van der Waals surface area contributed by atoms with E-state index in [0.29, 0.717) is 83.2 Å². The van der Waals surface area contributed by atoms with Gasteiger partial charge in [0.15, 0.2) is 4.93 Å². The molecule has 1 aromatic carbocycles. The van der Waals surface area contributed by atoms with Gasteiger partial charge in [-0.3, -0.25) is 4.79 Å². The van der Waals surface area contributed by atoms with Gasteiger partial charge in [-0.2, -0.15) is 0 Å². The van der Waals surface area contributed by atoms with E-state index in [9.17, 15) is 4.79 Å². The maximum atomic E-state index is 12.7. The van der Waals surface area contributed by atoms with Gasteiger partial charge in [-0.05, 0) is 51.1 Å². The van der Waals surface area contributed by atoms with Crippen molar-refractivity contribution in [1.82, 2.24) is 10.6 Å². The van der Waals surface area contributed by atoms with Crippen molar-refractivity contribution in [2.45, 2.75) is 57.6 Å². The van der Waals surface area contributed by atoms with Crippen LogP contribution in [0.4, 0.5) is 0 Å². The van der Waals surface area contributed by atoms with E-state index >= 15 is 0 Å². The standard InChI is InChI=1S/C30H54N2O7S2/c1-25(2)23-37-20-21-39-30(6,41-40-29(3,4)5)24-38-27-11-8-10-26(22-27)28(33)32-13-15-35-17-19-36-18-16-34-14-9-12-31-7/h8,10-11,22,25,31H,9,12-21,23-24H2,1-7H3,(H,32,33). The zero-order valence-corrected chi connectivity index (χ0v) is 27.9. The minimum Gasteiger partial charge on any atom is -0.490 e. The summed E-state index contributed by atoms with van der Waals surface area (Å²) >= 11 is 0. The van der Waals surface area contributed by atoms with Gasteiger partial charge in [-0.15, -0.1) is 0 Å². The quantitative estimate of drug-likeness (QED) is 0.0882. The molecular weight excluding hydrogens is 564 g/mol. The van der Waals surface area contributed by atoms with Crippen LogP contribution in [0.25, 0.3) is 0 Å². The molecule has 1 unspecified atom stereocenters. The molecule has 0 heterocycles. The SMILES string of the molecule is CNCCCOCCOCCOCCNC(=O)c1cccc(OCC(C)(OCCOCC(C)C)SSC(C)(C)C)c1. The van der Waals surface area contributed by atoms with Gasteiger partial charge in [0.05, 0.1) is 46.2 Å². The Morgan fingerprint density at radius 3 is 2.17 bits per heavy atom. The number of nitrogens with one attached hydrogen (secondary N) is 2. The minimum atomic E-state index is -0.585. The molecule has 0 spiro atoms.